The Morgan fingerprint density at radius 2 is 2.05 bits per heavy atom. The Bertz CT molecular complexity index is 430. The molecule has 0 spiro atoms. The molecule has 1 fully saturated rings. The second kappa shape index (κ2) is 6.33. The number of aliphatic hydroxyl groups is 1. The summed E-state index contributed by atoms with van der Waals surface area (Å²) < 4.78 is 14.6. The maximum atomic E-state index is 13.8. The number of hydrogen-bond acceptors (Lipinski definition) is 2. The molecule has 106 valence electrons. The second-order valence-corrected chi connectivity index (χ2v) is 6.39. The third kappa shape index (κ3) is 4.01. The Hall–Kier alpha value is -0.450. The molecule has 1 aliphatic heterocycles. The molecule has 1 aromatic rings. The van der Waals surface area contributed by atoms with E-state index in [0.29, 0.717) is 12.0 Å². The molecule has 0 atom stereocenters. The molecule has 0 unspecified atom stereocenters. The summed E-state index contributed by atoms with van der Waals surface area (Å²) >= 11 is 3.25. The third-order valence-corrected chi connectivity index (χ3v) is 4.35. The van der Waals surface area contributed by atoms with Crippen LogP contribution in [0.1, 0.15) is 31.7 Å². The van der Waals surface area contributed by atoms with E-state index in [4.69, 9.17) is 0 Å². The van der Waals surface area contributed by atoms with Gasteiger partial charge < -0.3 is 10.0 Å². The lowest BCUT2D eigenvalue weighted by Crippen LogP contribution is -2.45. The van der Waals surface area contributed by atoms with Gasteiger partial charge in [0.2, 0.25) is 0 Å². The van der Waals surface area contributed by atoms with E-state index < -0.39 is 5.60 Å². The van der Waals surface area contributed by atoms with Crippen LogP contribution in [-0.2, 0) is 6.42 Å². The molecular weight excluding hydrogens is 309 g/mol. The Morgan fingerprint density at radius 1 is 1.37 bits per heavy atom. The van der Waals surface area contributed by atoms with Gasteiger partial charge in [-0.2, -0.15) is 0 Å². The van der Waals surface area contributed by atoms with E-state index in [1.54, 1.807) is 6.07 Å². The summed E-state index contributed by atoms with van der Waals surface area (Å²) in [6, 6.07) is 5.05. The number of rotatable bonds is 4. The molecule has 0 bridgehead atoms. The van der Waals surface area contributed by atoms with Crippen molar-refractivity contribution >= 4 is 15.9 Å². The highest BCUT2D eigenvalue weighted by molar-refractivity contribution is 9.10. The van der Waals surface area contributed by atoms with Crippen LogP contribution >= 0.6 is 15.9 Å². The van der Waals surface area contributed by atoms with Crippen molar-refractivity contribution in [1.82, 2.24) is 4.90 Å². The molecule has 1 heterocycles. The second-order valence-electron chi connectivity index (χ2n) is 5.48. The molecule has 0 radical (unpaired) electrons. The highest BCUT2D eigenvalue weighted by Gasteiger charge is 2.32. The predicted octanol–water partition coefficient (Wildman–Crippen LogP) is 3.37. The first-order valence-electron chi connectivity index (χ1n) is 6.91. The fourth-order valence-electron chi connectivity index (χ4n) is 2.71. The third-order valence-electron chi connectivity index (χ3n) is 3.86. The molecule has 1 aliphatic rings. The van der Waals surface area contributed by atoms with E-state index in [0.717, 1.165) is 43.4 Å². The quantitative estimate of drug-likeness (QED) is 0.915. The zero-order valence-electron chi connectivity index (χ0n) is 11.3. The standard InChI is InChI=1S/C15H21BrFNO/c1-2-7-18-8-5-15(19,6-9-18)11-12-3-4-13(16)10-14(12)17/h3-4,10,19H,2,5-9,11H2,1H3. The summed E-state index contributed by atoms with van der Waals surface area (Å²) in [5, 5.41) is 10.6. The summed E-state index contributed by atoms with van der Waals surface area (Å²) in [5.74, 6) is -0.237. The number of benzene rings is 1. The number of likely N-dealkylation sites (tertiary alicyclic amines) is 1. The largest absolute Gasteiger partial charge is 0.389 e. The van der Waals surface area contributed by atoms with E-state index in [2.05, 4.69) is 27.8 Å². The van der Waals surface area contributed by atoms with Crippen molar-refractivity contribution in [3.05, 3.63) is 34.1 Å². The first kappa shape index (κ1) is 14.9. The molecule has 0 aliphatic carbocycles. The topological polar surface area (TPSA) is 23.5 Å². The molecule has 2 rings (SSSR count). The van der Waals surface area contributed by atoms with Crippen LogP contribution < -0.4 is 0 Å². The van der Waals surface area contributed by atoms with Crippen LogP contribution in [0.5, 0.6) is 0 Å². The highest BCUT2D eigenvalue weighted by atomic mass is 79.9. The first-order chi connectivity index (χ1) is 9.02. The molecule has 1 N–H and O–H groups in total. The molecule has 0 aromatic heterocycles. The SMILES string of the molecule is CCCN1CCC(O)(Cc2ccc(Br)cc2F)CC1. The molecule has 0 amide bonds. The first-order valence-corrected chi connectivity index (χ1v) is 7.70. The van der Waals surface area contributed by atoms with Crippen LogP contribution in [0.4, 0.5) is 4.39 Å². The van der Waals surface area contributed by atoms with E-state index in [9.17, 15) is 9.50 Å². The van der Waals surface area contributed by atoms with Gasteiger partial charge in [0.15, 0.2) is 0 Å². The molecular formula is C15H21BrFNO. The van der Waals surface area contributed by atoms with Gasteiger partial charge in [0, 0.05) is 24.0 Å². The number of hydrogen-bond donors (Lipinski definition) is 1. The molecule has 19 heavy (non-hydrogen) atoms. The molecule has 1 aromatic carbocycles. The van der Waals surface area contributed by atoms with Crippen molar-refractivity contribution in [3.63, 3.8) is 0 Å². The van der Waals surface area contributed by atoms with E-state index in [1.807, 2.05) is 6.07 Å². The van der Waals surface area contributed by atoms with Crippen LogP contribution in [-0.4, -0.2) is 35.2 Å². The maximum Gasteiger partial charge on any atom is 0.127 e. The average Bonchev–Trinajstić information content (AvgIpc) is 2.36. The molecule has 0 saturated carbocycles. The van der Waals surface area contributed by atoms with Gasteiger partial charge in [0.05, 0.1) is 5.60 Å². The summed E-state index contributed by atoms with van der Waals surface area (Å²) in [4.78, 5) is 2.37. The molecule has 2 nitrogen and oxygen atoms in total. The lowest BCUT2D eigenvalue weighted by atomic mass is 9.85. The van der Waals surface area contributed by atoms with Crippen LogP contribution in [0, 0.1) is 5.82 Å². The Balaban J connectivity index is 1.99. The van der Waals surface area contributed by atoms with Gasteiger partial charge in [0.25, 0.3) is 0 Å². The van der Waals surface area contributed by atoms with Crippen molar-refractivity contribution < 1.29 is 9.50 Å². The summed E-state index contributed by atoms with van der Waals surface area (Å²) in [7, 11) is 0. The van der Waals surface area contributed by atoms with Crippen molar-refractivity contribution in [1.29, 1.82) is 0 Å². The van der Waals surface area contributed by atoms with Gasteiger partial charge in [-0.05, 0) is 43.5 Å². The van der Waals surface area contributed by atoms with E-state index >= 15 is 0 Å². The van der Waals surface area contributed by atoms with Crippen molar-refractivity contribution in [2.24, 2.45) is 0 Å². The van der Waals surface area contributed by atoms with E-state index in [-0.39, 0.29) is 5.82 Å². The van der Waals surface area contributed by atoms with Crippen LogP contribution in [0.15, 0.2) is 22.7 Å². The smallest absolute Gasteiger partial charge is 0.127 e. The van der Waals surface area contributed by atoms with Crippen LogP contribution in [0.2, 0.25) is 0 Å². The Morgan fingerprint density at radius 3 is 2.63 bits per heavy atom. The summed E-state index contributed by atoms with van der Waals surface area (Å²) in [6.45, 7) is 5.06. The zero-order chi connectivity index (χ0) is 13.9. The maximum absolute atomic E-state index is 13.8. The fraction of sp³-hybridized carbons (Fsp3) is 0.600. The minimum Gasteiger partial charge on any atom is -0.389 e. The van der Waals surface area contributed by atoms with Gasteiger partial charge in [-0.1, -0.05) is 28.9 Å². The zero-order valence-corrected chi connectivity index (χ0v) is 12.9. The normalized spacial score (nSPS) is 19.6. The minimum absolute atomic E-state index is 0.237. The average molecular weight is 330 g/mol. The Labute approximate surface area is 122 Å². The molecule has 4 heteroatoms. The fourth-order valence-corrected chi connectivity index (χ4v) is 3.04. The number of piperidine rings is 1. The monoisotopic (exact) mass is 329 g/mol. The Kier molecular flexibility index (Phi) is 4.98. The molecule has 1 saturated heterocycles. The lowest BCUT2D eigenvalue weighted by Gasteiger charge is -2.38. The van der Waals surface area contributed by atoms with Crippen molar-refractivity contribution in [3.8, 4) is 0 Å². The number of nitrogens with zero attached hydrogens (tertiary/aromatic N) is 1. The predicted molar refractivity (Wildman–Crippen MR) is 78.7 cm³/mol. The van der Waals surface area contributed by atoms with Crippen molar-refractivity contribution in [2.45, 2.75) is 38.2 Å². The summed E-state index contributed by atoms with van der Waals surface area (Å²) in [6.07, 6.45) is 3.00. The van der Waals surface area contributed by atoms with Crippen LogP contribution in [0.3, 0.4) is 0 Å². The highest BCUT2D eigenvalue weighted by Crippen LogP contribution is 2.28. The van der Waals surface area contributed by atoms with Gasteiger partial charge in [-0.3, -0.25) is 0 Å². The minimum atomic E-state index is -0.751. The van der Waals surface area contributed by atoms with E-state index in [1.165, 1.54) is 6.07 Å². The lowest BCUT2D eigenvalue weighted by molar-refractivity contribution is -0.0210. The van der Waals surface area contributed by atoms with Gasteiger partial charge >= 0.3 is 0 Å². The summed E-state index contributed by atoms with van der Waals surface area (Å²) in [5.41, 5.74) is -0.145. The van der Waals surface area contributed by atoms with Gasteiger partial charge in [0.1, 0.15) is 5.82 Å². The number of halogens is 2. The van der Waals surface area contributed by atoms with Crippen LogP contribution in [0.25, 0.3) is 0 Å². The van der Waals surface area contributed by atoms with Gasteiger partial charge in [-0.15, -0.1) is 0 Å². The van der Waals surface area contributed by atoms with Gasteiger partial charge in [-0.25, -0.2) is 4.39 Å². The van der Waals surface area contributed by atoms with Crippen molar-refractivity contribution in [2.75, 3.05) is 19.6 Å².